The van der Waals surface area contributed by atoms with Crippen molar-refractivity contribution >= 4 is 5.91 Å². The predicted octanol–water partition coefficient (Wildman–Crippen LogP) is 3.28. The summed E-state index contributed by atoms with van der Waals surface area (Å²) < 4.78 is 0. The van der Waals surface area contributed by atoms with Crippen molar-refractivity contribution in [1.82, 2.24) is 20.0 Å². The molecule has 0 unspecified atom stereocenters. The summed E-state index contributed by atoms with van der Waals surface area (Å²) in [4.78, 5) is 17.8. The molecule has 5 rings (SSSR count). The molecule has 2 bridgehead atoms. The van der Waals surface area contributed by atoms with Crippen LogP contribution in [0.15, 0.2) is 36.4 Å². The predicted molar refractivity (Wildman–Crippen MR) is 109 cm³/mol. The molecule has 0 aliphatic carbocycles. The molecule has 1 amide bonds. The number of likely N-dealkylation sites (tertiary alicyclic amines) is 1. The Bertz CT molecular complexity index is 832. The van der Waals surface area contributed by atoms with Crippen molar-refractivity contribution in [2.24, 2.45) is 11.8 Å². The van der Waals surface area contributed by atoms with E-state index in [1.165, 1.54) is 31.2 Å². The van der Waals surface area contributed by atoms with E-state index in [2.05, 4.69) is 50.3 Å². The van der Waals surface area contributed by atoms with E-state index in [1.807, 2.05) is 13.0 Å². The van der Waals surface area contributed by atoms with Crippen molar-refractivity contribution in [3.05, 3.63) is 53.3 Å². The minimum atomic E-state index is 0.101. The smallest absolute Gasteiger partial charge is 0.274 e. The number of nitrogens with zero attached hydrogens (tertiary/aromatic N) is 3. The fourth-order valence-electron chi connectivity index (χ4n) is 5.87. The Morgan fingerprint density at radius 3 is 2.82 bits per heavy atom. The van der Waals surface area contributed by atoms with Crippen LogP contribution in [0.25, 0.3) is 0 Å². The van der Waals surface area contributed by atoms with E-state index in [1.54, 1.807) is 0 Å². The number of piperidine rings is 3. The van der Waals surface area contributed by atoms with Gasteiger partial charge in [0.2, 0.25) is 0 Å². The molecule has 5 nitrogen and oxygen atoms in total. The third kappa shape index (κ3) is 3.37. The van der Waals surface area contributed by atoms with Gasteiger partial charge in [0.25, 0.3) is 5.91 Å². The molecule has 4 atom stereocenters. The van der Waals surface area contributed by atoms with Crippen molar-refractivity contribution in [2.75, 3.05) is 19.6 Å². The number of aromatic amines is 1. The van der Waals surface area contributed by atoms with E-state index in [9.17, 15) is 4.79 Å². The molecule has 3 aliphatic rings. The van der Waals surface area contributed by atoms with Crippen LogP contribution in [-0.2, 0) is 6.42 Å². The van der Waals surface area contributed by atoms with Crippen LogP contribution in [0.4, 0.5) is 0 Å². The molecule has 3 aliphatic heterocycles. The van der Waals surface area contributed by atoms with Crippen molar-refractivity contribution in [3.8, 4) is 0 Å². The van der Waals surface area contributed by atoms with E-state index in [-0.39, 0.29) is 5.91 Å². The van der Waals surface area contributed by atoms with Gasteiger partial charge in [-0.25, -0.2) is 0 Å². The maximum Gasteiger partial charge on any atom is 0.274 e. The monoisotopic (exact) mass is 378 g/mol. The normalized spacial score (nSPS) is 30.1. The first kappa shape index (κ1) is 17.9. The van der Waals surface area contributed by atoms with Crippen LogP contribution in [0.2, 0.25) is 0 Å². The Kier molecular flexibility index (Phi) is 4.71. The van der Waals surface area contributed by atoms with Gasteiger partial charge in [-0.3, -0.25) is 14.8 Å². The maximum atomic E-state index is 12.9. The second kappa shape index (κ2) is 7.36. The zero-order valence-corrected chi connectivity index (χ0v) is 16.7. The average molecular weight is 379 g/mol. The maximum absolute atomic E-state index is 12.9. The number of carbonyl (C=O) groups is 1. The molecular formula is C23H30N4O. The van der Waals surface area contributed by atoms with Crippen LogP contribution in [0.1, 0.15) is 47.4 Å². The van der Waals surface area contributed by atoms with E-state index < -0.39 is 0 Å². The van der Waals surface area contributed by atoms with Crippen molar-refractivity contribution < 1.29 is 4.79 Å². The lowest BCUT2D eigenvalue weighted by molar-refractivity contribution is -0.0499. The molecule has 3 fully saturated rings. The number of fused-ring (bicyclic) bond motifs is 4. The first-order valence-electron chi connectivity index (χ1n) is 10.8. The SMILES string of the molecule is Cc1cc(C(=O)N2C[C@@H]3C[C@H](C2)[C@@H]2CCC[C@H](Cc4ccccc4)N2C3)n[nH]1. The molecule has 1 aromatic heterocycles. The highest BCUT2D eigenvalue weighted by Gasteiger charge is 2.45. The van der Waals surface area contributed by atoms with E-state index >= 15 is 0 Å². The molecule has 28 heavy (non-hydrogen) atoms. The van der Waals surface area contributed by atoms with Crippen molar-refractivity contribution in [2.45, 2.75) is 51.1 Å². The number of rotatable bonds is 3. The largest absolute Gasteiger partial charge is 0.337 e. The minimum absolute atomic E-state index is 0.101. The number of amides is 1. The summed E-state index contributed by atoms with van der Waals surface area (Å²) in [7, 11) is 0. The number of hydrogen-bond acceptors (Lipinski definition) is 3. The summed E-state index contributed by atoms with van der Waals surface area (Å²) in [5.74, 6) is 1.30. The van der Waals surface area contributed by atoms with E-state index in [4.69, 9.17) is 0 Å². The Morgan fingerprint density at radius 1 is 1.18 bits per heavy atom. The highest BCUT2D eigenvalue weighted by atomic mass is 16.2. The van der Waals surface area contributed by atoms with Gasteiger partial charge in [0, 0.05) is 37.4 Å². The number of hydrogen-bond donors (Lipinski definition) is 1. The zero-order chi connectivity index (χ0) is 19.1. The first-order valence-corrected chi connectivity index (χ1v) is 10.8. The lowest BCUT2D eigenvalue weighted by atomic mass is 9.74. The quantitative estimate of drug-likeness (QED) is 0.892. The van der Waals surface area contributed by atoms with Crippen LogP contribution < -0.4 is 0 Å². The van der Waals surface area contributed by atoms with Gasteiger partial charge in [-0.1, -0.05) is 36.8 Å². The Morgan fingerprint density at radius 2 is 2.04 bits per heavy atom. The molecule has 0 saturated carbocycles. The topological polar surface area (TPSA) is 52.2 Å². The summed E-state index contributed by atoms with van der Waals surface area (Å²) in [5, 5.41) is 7.11. The molecular weight excluding hydrogens is 348 g/mol. The first-order chi connectivity index (χ1) is 13.7. The Labute approximate surface area is 167 Å². The van der Waals surface area contributed by atoms with Crippen molar-refractivity contribution in [1.29, 1.82) is 0 Å². The average Bonchev–Trinajstić information content (AvgIpc) is 3.15. The molecule has 148 valence electrons. The minimum Gasteiger partial charge on any atom is -0.337 e. The van der Waals surface area contributed by atoms with Gasteiger partial charge in [-0.2, -0.15) is 5.10 Å². The highest BCUT2D eigenvalue weighted by molar-refractivity contribution is 5.92. The number of aryl methyl sites for hydroxylation is 1. The molecule has 0 radical (unpaired) electrons. The third-order valence-corrected chi connectivity index (χ3v) is 7.04. The second-order valence-corrected chi connectivity index (χ2v) is 9.05. The van der Waals surface area contributed by atoms with Crippen LogP contribution in [-0.4, -0.2) is 57.6 Å². The summed E-state index contributed by atoms with van der Waals surface area (Å²) in [6.45, 7) is 4.85. The van der Waals surface area contributed by atoms with Gasteiger partial charge < -0.3 is 4.90 Å². The summed E-state index contributed by atoms with van der Waals surface area (Å²) in [5.41, 5.74) is 2.97. The number of H-pyrrole nitrogens is 1. The number of benzene rings is 1. The summed E-state index contributed by atoms with van der Waals surface area (Å²) >= 11 is 0. The fraction of sp³-hybridized carbons (Fsp3) is 0.565. The third-order valence-electron chi connectivity index (χ3n) is 7.04. The van der Waals surface area contributed by atoms with Crippen molar-refractivity contribution in [3.63, 3.8) is 0 Å². The van der Waals surface area contributed by atoms with Gasteiger partial charge in [0.1, 0.15) is 5.69 Å². The zero-order valence-electron chi connectivity index (χ0n) is 16.7. The lowest BCUT2D eigenvalue weighted by Gasteiger charge is -2.55. The van der Waals surface area contributed by atoms with Gasteiger partial charge in [-0.05, 0) is 56.1 Å². The fourth-order valence-corrected chi connectivity index (χ4v) is 5.87. The molecule has 3 saturated heterocycles. The second-order valence-electron chi connectivity index (χ2n) is 9.05. The van der Waals surface area contributed by atoms with Crippen LogP contribution >= 0.6 is 0 Å². The Balaban J connectivity index is 1.31. The number of nitrogens with one attached hydrogen (secondary N) is 1. The van der Waals surface area contributed by atoms with Gasteiger partial charge in [-0.15, -0.1) is 0 Å². The summed E-state index contributed by atoms with van der Waals surface area (Å²) in [6, 6.07) is 14.1. The molecule has 1 N–H and O–H groups in total. The van der Waals surface area contributed by atoms with Crippen LogP contribution in [0.3, 0.4) is 0 Å². The highest BCUT2D eigenvalue weighted by Crippen LogP contribution is 2.40. The number of carbonyl (C=O) groups excluding carboxylic acids is 1. The molecule has 4 heterocycles. The van der Waals surface area contributed by atoms with Gasteiger partial charge in [0.15, 0.2) is 0 Å². The molecule has 2 aromatic rings. The van der Waals surface area contributed by atoms with Crippen LogP contribution in [0, 0.1) is 18.8 Å². The van der Waals surface area contributed by atoms with Gasteiger partial charge in [0.05, 0.1) is 0 Å². The van der Waals surface area contributed by atoms with E-state index in [0.717, 1.165) is 31.7 Å². The molecule has 0 spiro atoms. The van der Waals surface area contributed by atoms with Crippen LogP contribution in [0.5, 0.6) is 0 Å². The molecule has 5 heteroatoms. The Hall–Kier alpha value is -2.14. The van der Waals surface area contributed by atoms with Gasteiger partial charge >= 0.3 is 0 Å². The number of aromatic nitrogens is 2. The molecule has 1 aromatic carbocycles. The van der Waals surface area contributed by atoms with E-state index in [0.29, 0.717) is 29.6 Å². The standard InChI is InChI=1S/C23H30N4O/c1-16-10-21(25-24-16)23(28)26-13-18-11-19(15-26)22-9-5-8-20(27(22)14-18)12-17-6-3-2-4-7-17/h2-4,6-7,10,18-20,22H,5,8-9,11-15H2,1H3,(H,24,25)/t18-,19+,20+,22-/m0/s1. The lowest BCUT2D eigenvalue weighted by Crippen LogP contribution is -2.62. The summed E-state index contributed by atoms with van der Waals surface area (Å²) in [6.07, 6.45) is 6.34.